The van der Waals surface area contributed by atoms with E-state index in [0.717, 1.165) is 16.8 Å². The number of aryl methyl sites for hydroxylation is 2. The van der Waals surface area contributed by atoms with E-state index in [4.69, 9.17) is 4.52 Å². The third-order valence-corrected chi connectivity index (χ3v) is 4.84. The van der Waals surface area contributed by atoms with Crippen molar-refractivity contribution >= 4 is 11.7 Å². The van der Waals surface area contributed by atoms with Crippen molar-refractivity contribution in [3.63, 3.8) is 0 Å². The summed E-state index contributed by atoms with van der Waals surface area (Å²) in [7, 11) is 0. The largest absolute Gasteiger partial charge is 0.360 e. The Kier molecular flexibility index (Phi) is 5.30. The maximum absolute atomic E-state index is 13.1. The predicted octanol–water partition coefficient (Wildman–Crippen LogP) is 3.21. The first-order valence-electron chi connectivity index (χ1n) is 9.55. The highest BCUT2D eigenvalue weighted by Crippen LogP contribution is 2.28. The van der Waals surface area contributed by atoms with Gasteiger partial charge in [-0.1, -0.05) is 35.0 Å². The summed E-state index contributed by atoms with van der Waals surface area (Å²) in [4.78, 5) is 35.3. The van der Waals surface area contributed by atoms with Gasteiger partial charge in [0.05, 0.1) is 11.9 Å². The Balaban J connectivity index is 1.50. The number of rotatable bonds is 7. The van der Waals surface area contributed by atoms with Crippen LogP contribution in [0.3, 0.4) is 0 Å². The monoisotopic (exact) mass is 403 g/mol. The van der Waals surface area contributed by atoms with Gasteiger partial charge in [-0.05, 0) is 19.9 Å². The molecule has 0 atom stereocenters. The number of carbonyl (C=O) groups excluding carboxylic acids is 2. The molecule has 3 aromatic heterocycles. The van der Waals surface area contributed by atoms with Crippen LogP contribution in [0.2, 0.25) is 0 Å². The standard InChI is InChI=1S/C22H21N5O3/c1-13-3-5-15(6-4-13)20-19(14(2)30-27-20)21(28)16-9-18(25-10-16)22(29)24-8-7-17-11-23-12-26-17/h3-6,9-12,25H,7-8H2,1-2H3,(H,23,26)(H,24,29). The van der Waals surface area contributed by atoms with E-state index in [0.29, 0.717) is 41.2 Å². The molecule has 8 heteroatoms. The SMILES string of the molecule is Cc1ccc(-c2noc(C)c2C(=O)c2c[nH]c(C(=O)NCCc3cnc[nH]3)c2)cc1. The van der Waals surface area contributed by atoms with E-state index in [1.165, 1.54) is 6.20 Å². The number of imidazole rings is 1. The molecule has 0 fully saturated rings. The molecule has 8 nitrogen and oxygen atoms in total. The predicted molar refractivity (Wildman–Crippen MR) is 110 cm³/mol. The zero-order valence-corrected chi connectivity index (χ0v) is 16.7. The summed E-state index contributed by atoms with van der Waals surface area (Å²) in [5.74, 6) is -0.103. The van der Waals surface area contributed by atoms with Crippen molar-refractivity contribution < 1.29 is 14.1 Å². The van der Waals surface area contributed by atoms with Gasteiger partial charge in [0.15, 0.2) is 5.78 Å². The summed E-state index contributed by atoms with van der Waals surface area (Å²) in [5.41, 5.74) is 4.41. The number of aromatic amines is 2. The summed E-state index contributed by atoms with van der Waals surface area (Å²) in [6, 6.07) is 9.25. The molecule has 3 N–H and O–H groups in total. The van der Waals surface area contributed by atoms with Crippen LogP contribution in [-0.2, 0) is 6.42 Å². The van der Waals surface area contributed by atoms with Gasteiger partial charge in [-0.3, -0.25) is 9.59 Å². The minimum Gasteiger partial charge on any atom is -0.360 e. The first-order valence-corrected chi connectivity index (χ1v) is 9.55. The first kappa shape index (κ1) is 19.4. The molecule has 3 heterocycles. The van der Waals surface area contributed by atoms with Gasteiger partial charge in [-0.25, -0.2) is 4.98 Å². The van der Waals surface area contributed by atoms with E-state index < -0.39 is 0 Å². The molecule has 0 bridgehead atoms. The smallest absolute Gasteiger partial charge is 0.267 e. The normalized spacial score (nSPS) is 10.9. The molecule has 0 saturated carbocycles. The fourth-order valence-corrected chi connectivity index (χ4v) is 3.18. The van der Waals surface area contributed by atoms with Crippen molar-refractivity contribution in [2.45, 2.75) is 20.3 Å². The maximum Gasteiger partial charge on any atom is 0.267 e. The summed E-state index contributed by atoms with van der Waals surface area (Å²) < 4.78 is 5.30. The van der Waals surface area contributed by atoms with Gasteiger partial charge in [0, 0.05) is 42.2 Å². The number of H-pyrrole nitrogens is 2. The second-order valence-corrected chi connectivity index (χ2v) is 7.04. The van der Waals surface area contributed by atoms with Gasteiger partial charge in [0.1, 0.15) is 17.1 Å². The van der Waals surface area contributed by atoms with Gasteiger partial charge >= 0.3 is 0 Å². The highest BCUT2D eigenvalue weighted by atomic mass is 16.5. The lowest BCUT2D eigenvalue weighted by molar-refractivity contribution is 0.0949. The summed E-state index contributed by atoms with van der Waals surface area (Å²) in [5, 5.41) is 6.89. The molecule has 0 unspecified atom stereocenters. The lowest BCUT2D eigenvalue weighted by atomic mass is 9.99. The molecule has 0 spiro atoms. The lowest BCUT2D eigenvalue weighted by Crippen LogP contribution is -2.26. The van der Waals surface area contributed by atoms with Crippen LogP contribution in [0.4, 0.5) is 0 Å². The highest BCUT2D eigenvalue weighted by molar-refractivity contribution is 6.13. The Morgan fingerprint density at radius 2 is 1.93 bits per heavy atom. The Morgan fingerprint density at radius 3 is 2.67 bits per heavy atom. The minimum absolute atomic E-state index is 0.253. The summed E-state index contributed by atoms with van der Waals surface area (Å²) >= 11 is 0. The van der Waals surface area contributed by atoms with E-state index in [1.54, 1.807) is 25.5 Å². The van der Waals surface area contributed by atoms with Gasteiger partial charge in [0.25, 0.3) is 5.91 Å². The molecular weight excluding hydrogens is 382 g/mol. The molecule has 0 saturated heterocycles. The zero-order valence-electron chi connectivity index (χ0n) is 16.7. The third kappa shape index (κ3) is 3.93. The average Bonchev–Trinajstić information content (AvgIpc) is 3.49. The molecule has 1 amide bonds. The number of hydrogen-bond donors (Lipinski definition) is 3. The van der Waals surface area contributed by atoms with E-state index in [9.17, 15) is 9.59 Å². The molecule has 4 rings (SSSR count). The summed E-state index contributed by atoms with van der Waals surface area (Å²) in [6.07, 6.45) is 5.47. The van der Waals surface area contributed by atoms with Crippen molar-refractivity contribution in [3.05, 3.63) is 82.9 Å². The molecule has 0 aliphatic rings. The van der Waals surface area contributed by atoms with Crippen LogP contribution in [0.5, 0.6) is 0 Å². The van der Waals surface area contributed by atoms with Crippen LogP contribution in [0.25, 0.3) is 11.3 Å². The number of carbonyl (C=O) groups is 2. The van der Waals surface area contributed by atoms with E-state index in [2.05, 4.69) is 25.4 Å². The fraction of sp³-hybridized carbons (Fsp3) is 0.182. The van der Waals surface area contributed by atoms with Gasteiger partial charge < -0.3 is 19.8 Å². The van der Waals surface area contributed by atoms with Gasteiger partial charge in [0.2, 0.25) is 0 Å². The fourth-order valence-electron chi connectivity index (χ4n) is 3.18. The van der Waals surface area contributed by atoms with E-state index in [1.807, 2.05) is 31.2 Å². The van der Waals surface area contributed by atoms with E-state index >= 15 is 0 Å². The minimum atomic E-state index is -0.283. The molecule has 4 aromatic rings. The Hall–Kier alpha value is -3.94. The molecule has 0 aliphatic carbocycles. The molecule has 30 heavy (non-hydrogen) atoms. The van der Waals surface area contributed by atoms with Crippen LogP contribution < -0.4 is 5.32 Å². The summed E-state index contributed by atoms with van der Waals surface area (Å²) in [6.45, 7) is 4.14. The Morgan fingerprint density at radius 1 is 1.13 bits per heavy atom. The number of benzene rings is 1. The molecule has 152 valence electrons. The Labute approximate surface area is 172 Å². The van der Waals surface area contributed by atoms with Crippen LogP contribution in [0.1, 0.15) is 43.4 Å². The Bertz CT molecular complexity index is 1170. The molecular formula is C22H21N5O3. The van der Waals surface area contributed by atoms with Crippen LogP contribution in [0.15, 0.2) is 53.6 Å². The van der Waals surface area contributed by atoms with Crippen molar-refractivity contribution in [2.75, 3.05) is 6.54 Å². The van der Waals surface area contributed by atoms with Crippen molar-refractivity contribution in [1.82, 2.24) is 25.4 Å². The lowest BCUT2D eigenvalue weighted by Gasteiger charge is -2.02. The number of amides is 1. The number of hydrogen-bond acceptors (Lipinski definition) is 5. The van der Waals surface area contributed by atoms with Gasteiger partial charge in [-0.2, -0.15) is 0 Å². The quantitative estimate of drug-likeness (QED) is 0.410. The zero-order chi connectivity index (χ0) is 21.1. The second kappa shape index (κ2) is 8.20. The van der Waals surface area contributed by atoms with Crippen molar-refractivity contribution in [1.29, 1.82) is 0 Å². The molecule has 0 radical (unpaired) electrons. The average molecular weight is 403 g/mol. The number of aromatic nitrogens is 4. The van der Waals surface area contributed by atoms with Gasteiger partial charge in [-0.15, -0.1) is 0 Å². The third-order valence-electron chi connectivity index (χ3n) is 4.84. The maximum atomic E-state index is 13.1. The van der Waals surface area contributed by atoms with E-state index in [-0.39, 0.29) is 11.7 Å². The second-order valence-electron chi connectivity index (χ2n) is 7.04. The molecule has 1 aromatic carbocycles. The van der Waals surface area contributed by atoms with Crippen LogP contribution in [-0.4, -0.2) is 38.3 Å². The highest BCUT2D eigenvalue weighted by Gasteiger charge is 2.24. The van der Waals surface area contributed by atoms with Crippen molar-refractivity contribution in [3.8, 4) is 11.3 Å². The topological polar surface area (TPSA) is 117 Å². The number of nitrogens with zero attached hydrogens (tertiary/aromatic N) is 2. The number of ketones is 1. The first-order chi connectivity index (χ1) is 14.5. The number of nitrogens with one attached hydrogen (secondary N) is 3. The van der Waals surface area contributed by atoms with Crippen LogP contribution >= 0.6 is 0 Å². The van der Waals surface area contributed by atoms with Crippen molar-refractivity contribution in [2.24, 2.45) is 0 Å². The molecule has 0 aliphatic heterocycles. The van der Waals surface area contributed by atoms with Crippen LogP contribution in [0, 0.1) is 13.8 Å².